The number of pyridine rings is 1. The van der Waals surface area contributed by atoms with E-state index in [0.29, 0.717) is 0 Å². The van der Waals surface area contributed by atoms with E-state index >= 15 is 0 Å². The minimum absolute atomic E-state index is 0. The first-order valence-electron chi connectivity index (χ1n) is 9.81. The zero-order chi connectivity index (χ0) is 20.1. The van der Waals surface area contributed by atoms with E-state index in [1.807, 2.05) is 61.7 Å². The number of aliphatic imine (C=N–C) groups is 1. The minimum Gasteiger partial charge on any atom is -0.496 e. The summed E-state index contributed by atoms with van der Waals surface area (Å²) in [5, 5.41) is 0. The van der Waals surface area contributed by atoms with Crippen LogP contribution in [0.5, 0.6) is 17.2 Å². The van der Waals surface area contributed by atoms with Crippen LogP contribution in [-0.2, 0) is 0 Å². The van der Waals surface area contributed by atoms with Crippen LogP contribution in [0.2, 0.25) is 0 Å². The third-order valence-electron chi connectivity index (χ3n) is 4.87. The highest BCUT2D eigenvalue weighted by atomic mass is 35.5. The number of hydrogen-bond donors (Lipinski definition) is 0. The van der Waals surface area contributed by atoms with Crippen molar-refractivity contribution in [3.63, 3.8) is 0 Å². The molecule has 0 amide bonds. The van der Waals surface area contributed by atoms with Crippen LogP contribution >= 0.6 is 24.8 Å². The molecule has 2 heterocycles. The van der Waals surface area contributed by atoms with Crippen LogP contribution in [0.15, 0.2) is 77.6 Å². The van der Waals surface area contributed by atoms with Crippen LogP contribution in [0.1, 0.15) is 29.5 Å². The SMILES string of the molecule is COc1cc(Oc2cccc(C)c2)ccc1C=C1CCCN=C1c1cccnc1.Cl.Cl. The molecule has 31 heavy (non-hydrogen) atoms. The maximum Gasteiger partial charge on any atom is 0.131 e. The van der Waals surface area contributed by atoms with Crippen molar-refractivity contribution in [1.82, 2.24) is 4.98 Å². The number of hydrogen-bond acceptors (Lipinski definition) is 4. The van der Waals surface area contributed by atoms with Gasteiger partial charge in [-0.15, -0.1) is 24.8 Å². The molecule has 0 radical (unpaired) electrons. The fourth-order valence-electron chi connectivity index (χ4n) is 3.48. The molecule has 2 aromatic carbocycles. The van der Waals surface area contributed by atoms with E-state index in [-0.39, 0.29) is 24.8 Å². The number of benzene rings is 2. The summed E-state index contributed by atoms with van der Waals surface area (Å²) in [6.45, 7) is 2.90. The fourth-order valence-corrected chi connectivity index (χ4v) is 3.48. The van der Waals surface area contributed by atoms with Crippen LogP contribution in [0.25, 0.3) is 6.08 Å². The van der Waals surface area contributed by atoms with E-state index in [4.69, 9.17) is 14.5 Å². The predicted octanol–water partition coefficient (Wildman–Crippen LogP) is 6.70. The van der Waals surface area contributed by atoms with Gasteiger partial charge in [0.05, 0.1) is 12.8 Å². The lowest BCUT2D eigenvalue weighted by Crippen LogP contribution is -2.12. The van der Waals surface area contributed by atoms with Crippen molar-refractivity contribution in [2.45, 2.75) is 19.8 Å². The average Bonchev–Trinajstić information content (AvgIpc) is 2.76. The number of aryl methyl sites for hydroxylation is 1. The van der Waals surface area contributed by atoms with Gasteiger partial charge in [-0.1, -0.05) is 12.1 Å². The van der Waals surface area contributed by atoms with Gasteiger partial charge in [0.1, 0.15) is 17.2 Å². The van der Waals surface area contributed by atoms with Crippen LogP contribution < -0.4 is 9.47 Å². The molecule has 4 rings (SSSR count). The smallest absolute Gasteiger partial charge is 0.131 e. The first-order valence-corrected chi connectivity index (χ1v) is 9.81. The van der Waals surface area contributed by atoms with Gasteiger partial charge in [-0.3, -0.25) is 9.98 Å². The van der Waals surface area contributed by atoms with Gasteiger partial charge in [0.25, 0.3) is 0 Å². The van der Waals surface area contributed by atoms with E-state index in [2.05, 4.69) is 17.1 Å². The van der Waals surface area contributed by atoms with Crippen molar-refractivity contribution in [1.29, 1.82) is 0 Å². The van der Waals surface area contributed by atoms with Crippen molar-refractivity contribution in [2.24, 2.45) is 4.99 Å². The highest BCUT2D eigenvalue weighted by molar-refractivity contribution is 6.15. The second kappa shape index (κ2) is 11.5. The van der Waals surface area contributed by atoms with Gasteiger partial charge in [-0.05, 0) is 73.4 Å². The Labute approximate surface area is 195 Å². The zero-order valence-electron chi connectivity index (χ0n) is 17.6. The van der Waals surface area contributed by atoms with Gasteiger partial charge in [0.15, 0.2) is 0 Å². The van der Waals surface area contributed by atoms with Gasteiger partial charge in [0, 0.05) is 36.1 Å². The molecule has 0 atom stereocenters. The Morgan fingerprint density at radius 2 is 1.81 bits per heavy atom. The molecule has 1 aromatic heterocycles. The molecule has 4 nitrogen and oxygen atoms in total. The van der Waals surface area contributed by atoms with E-state index in [1.165, 1.54) is 5.57 Å². The van der Waals surface area contributed by atoms with Crippen LogP contribution in [0.3, 0.4) is 0 Å². The van der Waals surface area contributed by atoms with Crippen LogP contribution in [-0.4, -0.2) is 24.4 Å². The zero-order valence-corrected chi connectivity index (χ0v) is 19.2. The molecule has 0 fully saturated rings. The molecule has 0 N–H and O–H groups in total. The van der Waals surface area contributed by atoms with Crippen LogP contribution in [0.4, 0.5) is 0 Å². The van der Waals surface area contributed by atoms with Gasteiger partial charge in [-0.2, -0.15) is 0 Å². The van der Waals surface area contributed by atoms with E-state index in [0.717, 1.165) is 59.0 Å². The second-order valence-electron chi connectivity index (χ2n) is 7.07. The first-order chi connectivity index (χ1) is 14.2. The molecule has 0 unspecified atom stereocenters. The maximum atomic E-state index is 6.00. The molecule has 0 bridgehead atoms. The summed E-state index contributed by atoms with van der Waals surface area (Å²) in [4.78, 5) is 9.00. The lowest BCUT2D eigenvalue weighted by atomic mass is 9.94. The molecule has 0 spiro atoms. The topological polar surface area (TPSA) is 43.7 Å². The van der Waals surface area contributed by atoms with Crippen molar-refractivity contribution in [3.8, 4) is 17.2 Å². The molecule has 1 aliphatic heterocycles. The molecule has 1 aliphatic rings. The Morgan fingerprint density at radius 1 is 0.968 bits per heavy atom. The number of ether oxygens (including phenoxy) is 2. The Hall–Kier alpha value is -2.82. The Morgan fingerprint density at radius 3 is 2.55 bits per heavy atom. The van der Waals surface area contributed by atoms with Crippen molar-refractivity contribution >= 4 is 36.6 Å². The Bertz CT molecular complexity index is 1070. The van der Waals surface area contributed by atoms with Crippen LogP contribution in [0, 0.1) is 6.92 Å². The summed E-state index contributed by atoms with van der Waals surface area (Å²) in [7, 11) is 1.69. The fraction of sp³-hybridized carbons (Fsp3) is 0.200. The summed E-state index contributed by atoms with van der Waals surface area (Å²) in [6.07, 6.45) is 7.85. The highest BCUT2D eigenvalue weighted by Crippen LogP contribution is 2.31. The largest absolute Gasteiger partial charge is 0.496 e. The Kier molecular flexibility index (Phi) is 9.10. The van der Waals surface area contributed by atoms with Gasteiger partial charge >= 0.3 is 0 Å². The molecule has 0 aliphatic carbocycles. The molecule has 162 valence electrons. The second-order valence-corrected chi connectivity index (χ2v) is 7.07. The molecule has 6 heteroatoms. The summed E-state index contributed by atoms with van der Waals surface area (Å²) >= 11 is 0. The number of halogens is 2. The third-order valence-corrected chi connectivity index (χ3v) is 4.87. The Balaban J connectivity index is 0.00000171. The van der Waals surface area contributed by atoms with E-state index in [1.54, 1.807) is 13.3 Å². The monoisotopic (exact) mass is 456 g/mol. The lowest BCUT2D eigenvalue weighted by Gasteiger charge is -2.17. The van der Waals surface area contributed by atoms with Gasteiger partial charge < -0.3 is 9.47 Å². The third kappa shape index (κ3) is 6.09. The minimum atomic E-state index is 0. The number of allylic oxidation sites excluding steroid dienone is 1. The normalized spacial score (nSPS) is 14.1. The number of aromatic nitrogens is 1. The highest BCUT2D eigenvalue weighted by Gasteiger charge is 2.15. The van der Waals surface area contributed by atoms with Crippen molar-refractivity contribution in [3.05, 3.63) is 89.3 Å². The summed E-state index contributed by atoms with van der Waals surface area (Å²) in [5.41, 5.74) is 5.45. The number of nitrogens with zero attached hydrogens (tertiary/aromatic N) is 2. The molecular formula is C25H26Cl2N2O2. The predicted molar refractivity (Wildman–Crippen MR) is 132 cm³/mol. The maximum absolute atomic E-state index is 6.00. The lowest BCUT2D eigenvalue weighted by molar-refractivity contribution is 0.408. The molecule has 0 saturated carbocycles. The summed E-state index contributed by atoms with van der Waals surface area (Å²) < 4.78 is 11.7. The summed E-state index contributed by atoms with van der Waals surface area (Å²) in [6, 6.07) is 17.9. The van der Waals surface area contributed by atoms with E-state index in [9.17, 15) is 0 Å². The van der Waals surface area contributed by atoms with Crippen molar-refractivity contribution < 1.29 is 9.47 Å². The van der Waals surface area contributed by atoms with Gasteiger partial charge in [-0.25, -0.2) is 0 Å². The molecular weight excluding hydrogens is 431 g/mol. The average molecular weight is 457 g/mol. The molecule has 0 saturated heterocycles. The summed E-state index contributed by atoms with van der Waals surface area (Å²) in [5.74, 6) is 2.34. The molecule has 3 aromatic rings. The van der Waals surface area contributed by atoms with E-state index < -0.39 is 0 Å². The van der Waals surface area contributed by atoms with Crippen molar-refractivity contribution in [2.75, 3.05) is 13.7 Å². The number of rotatable bonds is 5. The van der Waals surface area contributed by atoms with Gasteiger partial charge in [0.2, 0.25) is 0 Å². The standard InChI is InChI=1S/C25H24N2O2.2ClH/c1-18-6-3-9-22(14-18)29-23-11-10-19(24(16-23)28-2)15-20-7-5-13-27-25(20)21-8-4-12-26-17-21;;/h3-4,6,8-12,14-17H,5,7,13H2,1-2H3;2*1H. The number of methoxy groups -OCH3 is 1. The first kappa shape index (κ1) is 24.4. The quantitative estimate of drug-likeness (QED) is 0.428.